The van der Waals surface area contributed by atoms with E-state index in [-0.39, 0.29) is 30.7 Å². The molecule has 0 unspecified atom stereocenters. The number of carbonyl (C=O) groups excluding carboxylic acids is 2. The van der Waals surface area contributed by atoms with E-state index in [4.69, 9.17) is 14.2 Å². The molecule has 0 radical (unpaired) electrons. The van der Waals surface area contributed by atoms with Gasteiger partial charge in [-0.25, -0.2) is 4.79 Å². The fourth-order valence-electron chi connectivity index (χ4n) is 5.18. The molecule has 1 saturated heterocycles. The zero-order valence-corrected chi connectivity index (χ0v) is 21.3. The molecule has 5 atom stereocenters. The maximum Gasteiger partial charge on any atom is 0.416 e. The topological polar surface area (TPSA) is 82.1 Å². The van der Waals surface area contributed by atoms with Crippen LogP contribution in [0.4, 0.5) is 13.2 Å². The van der Waals surface area contributed by atoms with Crippen LogP contribution < -0.4 is 4.74 Å². The highest BCUT2D eigenvalue weighted by Gasteiger charge is 2.50. The third-order valence-corrected chi connectivity index (χ3v) is 7.17. The largest absolute Gasteiger partial charge is 0.491 e. The Labute approximate surface area is 229 Å². The fourth-order valence-corrected chi connectivity index (χ4v) is 5.18. The number of halogens is 3. The van der Waals surface area contributed by atoms with Gasteiger partial charge < -0.3 is 19.3 Å². The summed E-state index contributed by atoms with van der Waals surface area (Å²) in [6, 6.07) is 21.2. The van der Waals surface area contributed by atoms with Gasteiger partial charge in [0, 0.05) is 18.3 Å². The molecule has 5 rings (SSSR count). The Hall–Kier alpha value is -4.11. The van der Waals surface area contributed by atoms with Crippen LogP contribution in [-0.2, 0) is 20.4 Å². The lowest BCUT2D eigenvalue weighted by Gasteiger charge is -2.21. The molecule has 9 heteroatoms. The van der Waals surface area contributed by atoms with Gasteiger partial charge in [-0.3, -0.25) is 4.79 Å². The summed E-state index contributed by atoms with van der Waals surface area (Å²) in [6.07, 6.45) is -3.03. The number of benzene rings is 3. The third kappa shape index (κ3) is 6.37. The van der Waals surface area contributed by atoms with Crippen molar-refractivity contribution in [3.05, 3.63) is 102 Å². The maximum atomic E-state index is 13.0. The van der Waals surface area contributed by atoms with Crippen LogP contribution in [0.25, 0.3) is 11.1 Å². The Morgan fingerprint density at radius 2 is 1.75 bits per heavy atom. The van der Waals surface area contributed by atoms with Crippen molar-refractivity contribution in [3.63, 3.8) is 0 Å². The minimum absolute atomic E-state index is 0.0249. The Morgan fingerprint density at radius 1 is 1.02 bits per heavy atom. The number of carbonyl (C=O) groups is 2. The lowest BCUT2D eigenvalue weighted by atomic mass is 9.91. The third-order valence-electron chi connectivity index (χ3n) is 7.17. The number of fused-ring (bicyclic) bond motifs is 1. The first-order valence-electron chi connectivity index (χ1n) is 12.9. The summed E-state index contributed by atoms with van der Waals surface area (Å²) in [5.41, 5.74) is 1.51. The van der Waals surface area contributed by atoms with Gasteiger partial charge in [-0.2, -0.15) is 13.2 Å². The molecule has 0 spiro atoms. The molecular weight excluding hydrogens is 525 g/mol. The van der Waals surface area contributed by atoms with E-state index in [2.05, 4.69) is 0 Å². The summed E-state index contributed by atoms with van der Waals surface area (Å²) in [4.78, 5) is 24.9. The predicted octanol–water partition coefficient (Wildman–Crippen LogP) is 5.85. The summed E-state index contributed by atoms with van der Waals surface area (Å²) >= 11 is 0. The molecule has 2 aliphatic rings. The first-order chi connectivity index (χ1) is 19.2. The van der Waals surface area contributed by atoms with Gasteiger partial charge in [-0.1, -0.05) is 60.7 Å². The first-order valence-corrected chi connectivity index (χ1v) is 12.9. The normalized spacial score (nSPS) is 23.1. The van der Waals surface area contributed by atoms with Gasteiger partial charge in [0.2, 0.25) is 0 Å². The van der Waals surface area contributed by atoms with Crippen LogP contribution in [0.1, 0.15) is 28.8 Å². The first kappa shape index (κ1) is 27.5. The maximum absolute atomic E-state index is 13.0. The van der Waals surface area contributed by atoms with Crippen molar-refractivity contribution < 1.29 is 42.1 Å². The molecule has 3 aromatic carbocycles. The molecule has 1 N–H and O–H groups in total. The van der Waals surface area contributed by atoms with Crippen LogP contribution in [0, 0.1) is 11.8 Å². The monoisotopic (exact) mass is 552 g/mol. The molecule has 0 amide bonds. The van der Waals surface area contributed by atoms with E-state index in [9.17, 15) is 27.9 Å². The van der Waals surface area contributed by atoms with Crippen molar-refractivity contribution in [2.45, 2.75) is 37.3 Å². The van der Waals surface area contributed by atoms with Crippen LogP contribution in [0.15, 0.2) is 91.0 Å². The molecule has 2 fully saturated rings. The highest BCUT2D eigenvalue weighted by atomic mass is 19.4. The van der Waals surface area contributed by atoms with E-state index in [0.717, 1.165) is 23.3 Å². The quantitative estimate of drug-likeness (QED) is 0.279. The van der Waals surface area contributed by atoms with E-state index < -0.39 is 41.9 Å². The Bertz CT molecular complexity index is 1370. The van der Waals surface area contributed by atoms with E-state index in [1.165, 1.54) is 18.2 Å². The van der Waals surface area contributed by atoms with Crippen LogP contribution in [0.5, 0.6) is 5.75 Å². The number of esters is 2. The van der Waals surface area contributed by atoms with Crippen molar-refractivity contribution in [2.75, 3.05) is 6.61 Å². The SMILES string of the molecule is O=C1C[C@@H]2[C@@H](C=C[C@H](O)COc3cccc(C(F)(F)F)c3)[C@H](OC(=O)c3ccc(-c4ccccc4)cc3)C[C@@H]2O1. The molecule has 208 valence electrons. The van der Waals surface area contributed by atoms with Crippen LogP contribution in [0.2, 0.25) is 0 Å². The van der Waals surface area contributed by atoms with Gasteiger partial charge in [0.05, 0.1) is 17.5 Å². The van der Waals surface area contributed by atoms with E-state index in [1.54, 1.807) is 18.2 Å². The number of hydrogen-bond acceptors (Lipinski definition) is 6. The van der Waals surface area contributed by atoms with Gasteiger partial charge in [-0.15, -0.1) is 0 Å². The molecule has 1 aliphatic heterocycles. The lowest BCUT2D eigenvalue weighted by Crippen LogP contribution is -2.25. The fraction of sp³-hybridized carbons (Fsp3) is 0.290. The molecule has 1 heterocycles. The average molecular weight is 553 g/mol. The molecule has 0 bridgehead atoms. The Balaban J connectivity index is 1.23. The molecule has 40 heavy (non-hydrogen) atoms. The zero-order chi connectivity index (χ0) is 28.3. The van der Waals surface area contributed by atoms with E-state index >= 15 is 0 Å². The molecule has 1 aliphatic carbocycles. The smallest absolute Gasteiger partial charge is 0.416 e. The van der Waals surface area contributed by atoms with E-state index in [0.29, 0.717) is 12.0 Å². The summed E-state index contributed by atoms with van der Waals surface area (Å²) in [5, 5.41) is 10.4. The highest BCUT2D eigenvalue weighted by molar-refractivity contribution is 5.90. The van der Waals surface area contributed by atoms with Gasteiger partial charge in [0.15, 0.2) is 0 Å². The molecule has 6 nitrogen and oxygen atoms in total. The molecule has 1 saturated carbocycles. The number of aliphatic hydroxyl groups is 1. The van der Waals surface area contributed by atoms with Crippen LogP contribution in [0.3, 0.4) is 0 Å². The van der Waals surface area contributed by atoms with Gasteiger partial charge in [0.1, 0.15) is 30.7 Å². The summed E-state index contributed by atoms with van der Waals surface area (Å²) in [7, 11) is 0. The number of hydrogen-bond donors (Lipinski definition) is 1. The molecular formula is C31H27F3O6. The average Bonchev–Trinajstić information content (AvgIpc) is 3.46. The van der Waals surface area contributed by atoms with Crippen molar-refractivity contribution >= 4 is 11.9 Å². The summed E-state index contributed by atoms with van der Waals surface area (Å²) in [6.45, 7) is -0.285. The number of alkyl halides is 3. The molecule has 3 aromatic rings. The number of rotatable bonds is 8. The Morgan fingerprint density at radius 3 is 2.48 bits per heavy atom. The second kappa shape index (κ2) is 11.6. The predicted molar refractivity (Wildman–Crippen MR) is 139 cm³/mol. The zero-order valence-electron chi connectivity index (χ0n) is 21.3. The summed E-state index contributed by atoms with van der Waals surface area (Å²) < 4.78 is 55.4. The van der Waals surface area contributed by atoms with Crippen molar-refractivity contribution in [2.24, 2.45) is 11.8 Å². The minimum atomic E-state index is -4.51. The second-order valence-electron chi connectivity index (χ2n) is 9.89. The van der Waals surface area contributed by atoms with Gasteiger partial charge in [0.25, 0.3) is 0 Å². The number of ether oxygens (including phenoxy) is 3. The standard InChI is InChI=1S/C31H27F3O6/c32-31(33,34)22-7-4-8-24(15-22)38-18-23(35)13-14-25-26-16-29(36)39-28(26)17-27(25)40-30(37)21-11-9-20(10-12-21)19-5-2-1-3-6-19/h1-15,23,25-28,35H,16-18H2/t23-,25+,26+,27+,28-/m0/s1. The Kier molecular flexibility index (Phi) is 7.93. The van der Waals surface area contributed by atoms with Gasteiger partial charge >= 0.3 is 18.1 Å². The van der Waals surface area contributed by atoms with Crippen molar-refractivity contribution in [3.8, 4) is 16.9 Å². The molecule has 0 aromatic heterocycles. The minimum Gasteiger partial charge on any atom is -0.491 e. The van der Waals surface area contributed by atoms with Crippen LogP contribution in [-0.4, -0.2) is 42.0 Å². The van der Waals surface area contributed by atoms with E-state index in [1.807, 2.05) is 42.5 Å². The second-order valence-corrected chi connectivity index (χ2v) is 9.89. The van der Waals surface area contributed by atoms with Crippen molar-refractivity contribution in [1.82, 2.24) is 0 Å². The summed E-state index contributed by atoms with van der Waals surface area (Å²) in [5.74, 6) is -1.49. The highest BCUT2D eigenvalue weighted by Crippen LogP contribution is 2.44. The van der Waals surface area contributed by atoms with Crippen LogP contribution >= 0.6 is 0 Å². The number of aliphatic hydroxyl groups excluding tert-OH is 1. The van der Waals surface area contributed by atoms with Gasteiger partial charge in [-0.05, 0) is 41.5 Å². The van der Waals surface area contributed by atoms with Crippen molar-refractivity contribution in [1.29, 1.82) is 0 Å². The lowest BCUT2D eigenvalue weighted by molar-refractivity contribution is -0.142.